The summed E-state index contributed by atoms with van der Waals surface area (Å²) >= 11 is 1.51. The lowest BCUT2D eigenvalue weighted by Gasteiger charge is -2.10. The molecule has 5 nitrogen and oxygen atoms in total. The van der Waals surface area contributed by atoms with Crippen molar-refractivity contribution in [3.8, 4) is 11.3 Å². The van der Waals surface area contributed by atoms with E-state index in [0.717, 1.165) is 22.8 Å². The highest BCUT2D eigenvalue weighted by Gasteiger charge is 2.20. The molecule has 2 heterocycles. The molecule has 0 spiro atoms. The number of anilines is 1. The van der Waals surface area contributed by atoms with Crippen LogP contribution < -0.4 is 4.72 Å². The zero-order chi connectivity index (χ0) is 19.2. The molecule has 0 radical (unpaired) electrons. The van der Waals surface area contributed by atoms with Crippen molar-refractivity contribution in [2.45, 2.75) is 11.8 Å². The molecule has 0 saturated heterocycles. The molecule has 0 aliphatic carbocycles. The van der Waals surface area contributed by atoms with Gasteiger partial charge in [-0.15, -0.1) is 11.3 Å². The number of hydrogen-bond acceptors (Lipinski definition) is 4. The summed E-state index contributed by atoms with van der Waals surface area (Å²) in [5, 5.41) is 1.99. The maximum atomic E-state index is 13.8. The van der Waals surface area contributed by atoms with E-state index in [0.29, 0.717) is 17.3 Å². The molecule has 0 saturated carbocycles. The van der Waals surface area contributed by atoms with Crippen LogP contribution in [-0.4, -0.2) is 17.8 Å². The molecule has 138 valence electrons. The van der Waals surface area contributed by atoms with Crippen LogP contribution in [0.3, 0.4) is 0 Å². The molecule has 0 bridgehead atoms. The Morgan fingerprint density at radius 3 is 2.70 bits per heavy atom. The molecule has 27 heavy (non-hydrogen) atoms. The van der Waals surface area contributed by atoms with Gasteiger partial charge in [-0.25, -0.2) is 22.2 Å². The first-order valence-electron chi connectivity index (χ1n) is 7.85. The number of hydrogen-bond donors (Lipinski definition) is 1. The van der Waals surface area contributed by atoms with Gasteiger partial charge in [-0.05, 0) is 31.2 Å². The molecule has 0 amide bonds. The fourth-order valence-corrected chi connectivity index (χ4v) is 4.64. The van der Waals surface area contributed by atoms with Gasteiger partial charge in [0.15, 0.2) is 4.96 Å². The minimum atomic E-state index is -4.20. The lowest BCUT2D eigenvalue weighted by atomic mass is 10.1. The number of nitrogens with zero attached hydrogens (tertiary/aromatic N) is 2. The van der Waals surface area contributed by atoms with Crippen molar-refractivity contribution < 1.29 is 17.2 Å². The molecule has 0 unspecified atom stereocenters. The average Bonchev–Trinajstić information content (AvgIpc) is 3.17. The number of sulfonamides is 1. The summed E-state index contributed by atoms with van der Waals surface area (Å²) in [6.45, 7) is 1.97. The van der Waals surface area contributed by atoms with Crippen LogP contribution in [0.25, 0.3) is 16.2 Å². The van der Waals surface area contributed by atoms with Crippen molar-refractivity contribution in [3.05, 3.63) is 71.4 Å². The first kappa shape index (κ1) is 17.6. The molecular weight excluding hydrogens is 392 g/mol. The van der Waals surface area contributed by atoms with E-state index in [4.69, 9.17) is 0 Å². The van der Waals surface area contributed by atoms with Gasteiger partial charge in [0.1, 0.15) is 16.5 Å². The molecule has 0 aliphatic heterocycles. The second-order valence-corrected chi connectivity index (χ2v) is 8.40. The lowest BCUT2D eigenvalue weighted by Crippen LogP contribution is -2.14. The van der Waals surface area contributed by atoms with Crippen LogP contribution >= 0.6 is 11.3 Å². The average molecular weight is 405 g/mol. The normalized spacial score (nSPS) is 11.8. The third-order valence-electron chi connectivity index (χ3n) is 3.98. The van der Waals surface area contributed by atoms with Gasteiger partial charge in [0, 0.05) is 34.6 Å². The van der Waals surface area contributed by atoms with Crippen molar-refractivity contribution in [2.24, 2.45) is 0 Å². The van der Waals surface area contributed by atoms with E-state index < -0.39 is 26.6 Å². The van der Waals surface area contributed by atoms with E-state index in [1.807, 2.05) is 22.9 Å². The molecule has 1 N–H and O–H groups in total. The number of rotatable bonds is 4. The standard InChI is InChI=1S/C18H13F2N3O2S2/c1-11-10-26-18-21-16(9-23(11)18)12-3-2-4-14(7-12)22-27(24,25)17-6-5-13(19)8-15(17)20/h2-10,22H,1H3. The number of aryl methyl sites for hydroxylation is 1. The minimum absolute atomic E-state index is 0.254. The predicted octanol–water partition coefficient (Wildman–Crippen LogP) is 4.45. The zero-order valence-corrected chi connectivity index (χ0v) is 15.6. The van der Waals surface area contributed by atoms with Crippen molar-refractivity contribution in [2.75, 3.05) is 4.72 Å². The molecule has 0 fully saturated rings. The van der Waals surface area contributed by atoms with Gasteiger partial charge < -0.3 is 0 Å². The second kappa shape index (κ2) is 6.43. The summed E-state index contributed by atoms with van der Waals surface area (Å²) < 4.78 is 56.0. The van der Waals surface area contributed by atoms with Crippen molar-refractivity contribution in [3.63, 3.8) is 0 Å². The van der Waals surface area contributed by atoms with Crippen LogP contribution in [0.15, 0.2) is 58.9 Å². The number of fused-ring (bicyclic) bond motifs is 1. The van der Waals surface area contributed by atoms with E-state index in [-0.39, 0.29) is 5.69 Å². The van der Waals surface area contributed by atoms with E-state index in [9.17, 15) is 17.2 Å². The molecular formula is C18H13F2N3O2S2. The van der Waals surface area contributed by atoms with Gasteiger partial charge in [-0.1, -0.05) is 12.1 Å². The fraction of sp³-hybridized carbons (Fsp3) is 0.0556. The molecule has 0 aliphatic rings. The summed E-state index contributed by atoms with van der Waals surface area (Å²) in [6.07, 6.45) is 1.87. The number of benzene rings is 2. The topological polar surface area (TPSA) is 63.5 Å². The van der Waals surface area contributed by atoms with Crippen molar-refractivity contribution in [1.29, 1.82) is 0 Å². The van der Waals surface area contributed by atoms with Gasteiger partial charge in [0.25, 0.3) is 10.0 Å². The largest absolute Gasteiger partial charge is 0.294 e. The summed E-state index contributed by atoms with van der Waals surface area (Å²) in [5.41, 5.74) is 2.71. The first-order chi connectivity index (χ1) is 12.8. The lowest BCUT2D eigenvalue weighted by molar-refractivity contribution is 0.551. The quantitative estimate of drug-likeness (QED) is 0.546. The maximum Gasteiger partial charge on any atom is 0.264 e. The number of halogens is 2. The van der Waals surface area contributed by atoms with E-state index in [1.165, 1.54) is 11.3 Å². The monoisotopic (exact) mass is 405 g/mol. The Morgan fingerprint density at radius 2 is 1.96 bits per heavy atom. The van der Waals surface area contributed by atoms with Crippen LogP contribution in [0.5, 0.6) is 0 Å². The molecule has 2 aromatic carbocycles. The smallest absolute Gasteiger partial charge is 0.264 e. The predicted molar refractivity (Wildman–Crippen MR) is 100 cm³/mol. The molecule has 4 rings (SSSR count). The van der Waals surface area contributed by atoms with Gasteiger partial charge >= 0.3 is 0 Å². The Labute approximate surface area is 158 Å². The summed E-state index contributed by atoms with van der Waals surface area (Å²) in [4.78, 5) is 4.74. The van der Waals surface area contributed by atoms with Crippen LogP contribution in [0.4, 0.5) is 14.5 Å². The second-order valence-electron chi connectivity index (χ2n) is 5.92. The third-order valence-corrected chi connectivity index (χ3v) is 6.35. The minimum Gasteiger partial charge on any atom is -0.294 e. The van der Waals surface area contributed by atoms with Crippen LogP contribution in [0.2, 0.25) is 0 Å². The number of imidazole rings is 1. The Hall–Kier alpha value is -2.78. The Balaban J connectivity index is 1.68. The van der Waals surface area contributed by atoms with E-state index in [1.54, 1.807) is 24.3 Å². The summed E-state index contributed by atoms with van der Waals surface area (Å²) in [5.74, 6) is -1.99. The van der Waals surface area contributed by atoms with Crippen molar-refractivity contribution >= 4 is 32.0 Å². The zero-order valence-electron chi connectivity index (χ0n) is 14.0. The SMILES string of the molecule is Cc1csc2nc(-c3cccc(NS(=O)(=O)c4ccc(F)cc4F)c3)cn12. The van der Waals surface area contributed by atoms with E-state index >= 15 is 0 Å². The Kier molecular flexibility index (Phi) is 4.20. The van der Waals surface area contributed by atoms with Crippen molar-refractivity contribution in [1.82, 2.24) is 9.38 Å². The summed E-state index contributed by atoms with van der Waals surface area (Å²) in [6, 6.07) is 8.96. The molecule has 0 atom stereocenters. The first-order valence-corrected chi connectivity index (χ1v) is 10.2. The highest BCUT2D eigenvalue weighted by molar-refractivity contribution is 7.92. The molecule has 9 heteroatoms. The number of thiazole rings is 1. The Bertz CT molecular complexity index is 1260. The van der Waals surface area contributed by atoms with Crippen LogP contribution in [0, 0.1) is 18.6 Å². The van der Waals surface area contributed by atoms with Gasteiger partial charge in [0.2, 0.25) is 0 Å². The van der Waals surface area contributed by atoms with Gasteiger partial charge in [0.05, 0.1) is 5.69 Å². The fourth-order valence-electron chi connectivity index (χ4n) is 2.68. The van der Waals surface area contributed by atoms with Crippen LogP contribution in [0.1, 0.15) is 5.69 Å². The van der Waals surface area contributed by atoms with E-state index in [2.05, 4.69) is 9.71 Å². The summed E-state index contributed by atoms with van der Waals surface area (Å²) in [7, 11) is -4.20. The molecule has 4 aromatic rings. The highest BCUT2D eigenvalue weighted by atomic mass is 32.2. The third kappa shape index (κ3) is 3.31. The van der Waals surface area contributed by atoms with Crippen LogP contribution in [-0.2, 0) is 10.0 Å². The van der Waals surface area contributed by atoms with Gasteiger partial charge in [-0.3, -0.25) is 9.12 Å². The van der Waals surface area contributed by atoms with Gasteiger partial charge in [-0.2, -0.15) is 0 Å². The molecule has 2 aromatic heterocycles. The number of aromatic nitrogens is 2. The Morgan fingerprint density at radius 1 is 1.15 bits per heavy atom. The highest BCUT2D eigenvalue weighted by Crippen LogP contribution is 2.27. The maximum absolute atomic E-state index is 13.8. The number of nitrogens with one attached hydrogen (secondary N) is 1.